The molecule has 19 heavy (non-hydrogen) atoms. The highest BCUT2D eigenvalue weighted by atomic mass is 32.2. The van der Waals surface area contributed by atoms with Crippen molar-refractivity contribution < 1.29 is 17.2 Å². The van der Waals surface area contributed by atoms with Gasteiger partial charge in [0.1, 0.15) is 15.8 Å². The summed E-state index contributed by atoms with van der Waals surface area (Å²) in [4.78, 5) is 0.694. The zero-order chi connectivity index (χ0) is 14.0. The van der Waals surface area contributed by atoms with E-state index in [0.717, 1.165) is 23.5 Å². The van der Waals surface area contributed by atoms with Crippen LogP contribution in [0.5, 0.6) is 0 Å². The minimum atomic E-state index is -3.89. The van der Waals surface area contributed by atoms with Crippen molar-refractivity contribution in [3.63, 3.8) is 0 Å². The number of nitrogens with one attached hydrogen (secondary N) is 1. The van der Waals surface area contributed by atoms with Crippen LogP contribution in [0.2, 0.25) is 0 Å². The van der Waals surface area contributed by atoms with Gasteiger partial charge in [-0.3, -0.25) is 4.72 Å². The second-order valence-electron chi connectivity index (χ2n) is 3.65. The number of halogens is 2. The largest absolute Gasteiger partial charge is 0.326 e. The van der Waals surface area contributed by atoms with Crippen molar-refractivity contribution in [1.29, 1.82) is 0 Å². The molecule has 0 atom stereocenters. The molecule has 2 rings (SSSR count). The van der Waals surface area contributed by atoms with E-state index >= 15 is 0 Å². The molecule has 0 aliphatic rings. The number of rotatable bonds is 4. The molecule has 0 fully saturated rings. The molecule has 0 aliphatic carbocycles. The van der Waals surface area contributed by atoms with Crippen LogP contribution in [-0.4, -0.2) is 8.42 Å². The molecule has 2 aromatic rings. The molecule has 1 aromatic heterocycles. The number of nitrogens with two attached hydrogens (primary N) is 1. The maximum atomic E-state index is 13.4. The van der Waals surface area contributed by atoms with E-state index in [9.17, 15) is 17.2 Å². The number of anilines is 1. The average Bonchev–Trinajstić information content (AvgIpc) is 2.82. The molecule has 0 unspecified atom stereocenters. The van der Waals surface area contributed by atoms with E-state index in [2.05, 4.69) is 4.72 Å². The summed E-state index contributed by atoms with van der Waals surface area (Å²) in [6, 6.07) is 5.58. The van der Waals surface area contributed by atoms with E-state index in [-0.39, 0.29) is 16.4 Å². The Morgan fingerprint density at radius 1 is 1.21 bits per heavy atom. The van der Waals surface area contributed by atoms with Gasteiger partial charge in [-0.05, 0) is 24.3 Å². The number of hydrogen-bond acceptors (Lipinski definition) is 4. The van der Waals surface area contributed by atoms with Crippen LogP contribution in [0, 0.1) is 11.6 Å². The van der Waals surface area contributed by atoms with Gasteiger partial charge in [-0.15, -0.1) is 11.3 Å². The van der Waals surface area contributed by atoms with Gasteiger partial charge in [0, 0.05) is 17.5 Å². The summed E-state index contributed by atoms with van der Waals surface area (Å²) in [5, 5.41) is 0. The normalized spacial score (nSPS) is 11.5. The third-order valence-electron chi connectivity index (χ3n) is 2.28. The predicted molar refractivity (Wildman–Crippen MR) is 69.4 cm³/mol. The minimum Gasteiger partial charge on any atom is -0.326 e. The number of hydrogen-bond donors (Lipinski definition) is 2. The van der Waals surface area contributed by atoms with Crippen molar-refractivity contribution in [1.82, 2.24) is 0 Å². The SMILES string of the molecule is NCc1ccc(S(=O)(=O)Nc2ccc(F)cc2F)s1. The fourth-order valence-electron chi connectivity index (χ4n) is 1.38. The second-order valence-corrected chi connectivity index (χ2v) is 6.73. The van der Waals surface area contributed by atoms with Crippen molar-refractivity contribution in [2.75, 3.05) is 4.72 Å². The van der Waals surface area contributed by atoms with E-state index in [4.69, 9.17) is 5.73 Å². The molecule has 3 N–H and O–H groups in total. The first-order chi connectivity index (χ1) is 8.92. The van der Waals surface area contributed by atoms with Gasteiger partial charge in [-0.2, -0.15) is 0 Å². The lowest BCUT2D eigenvalue weighted by atomic mass is 10.3. The molecule has 0 bridgehead atoms. The van der Waals surface area contributed by atoms with Crippen molar-refractivity contribution in [2.24, 2.45) is 5.73 Å². The second kappa shape index (κ2) is 5.24. The van der Waals surface area contributed by atoms with Crippen LogP contribution in [0.15, 0.2) is 34.5 Å². The zero-order valence-corrected chi connectivity index (χ0v) is 11.2. The van der Waals surface area contributed by atoms with Crippen molar-refractivity contribution in [2.45, 2.75) is 10.8 Å². The van der Waals surface area contributed by atoms with Crippen LogP contribution in [-0.2, 0) is 16.6 Å². The van der Waals surface area contributed by atoms with Crippen molar-refractivity contribution in [3.05, 3.63) is 46.8 Å². The molecule has 0 spiro atoms. The zero-order valence-electron chi connectivity index (χ0n) is 9.56. The summed E-state index contributed by atoms with van der Waals surface area (Å²) in [5.74, 6) is -1.75. The van der Waals surface area contributed by atoms with Crippen LogP contribution in [0.3, 0.4) is 0 Å². The van der Waals surface area contributed by atoms with Gasteiger partial charge in [-0.25, -0.2) is 17.2 Å². The van der Waals surface area contributed by atoms with E-state index in [1.54, 1.807) is 6.07 Å². The lowest BCUT2D eigenvalue weighted by Crippen LogP contribution is -2.12. The summed E-state index contributed by atoms with van der Waals surface area (Å²) >= 11 is 0.996. The molecule has 0 amide bonds. The Morgan fingerprint density at radius 3 is 2.53 bits per heavy atom. The number of benzene rings is 1. The summed E-state index contributed by atoms with van der Waals surface area (Å²) in [6.45, 7) is 0.227. The molecule has 102 valence electrons. The monoisotopic (exact) mass is 304 g/mol. The smallest absolute Gasteiger partial charge is 0.271 e. The third-order valence-corrected chi connectivity index (χ3v) is 5.24. The van der Waals surface area contributed by atoms with E-state index < -0.39 is 21.7 Å². The maximum Gasteiger partial charge on any atom is 0.271 e. The van der Waals surface area contributed by atoms with Crippen LogP contribution in [0.25, 0.3) is 0 Å². The Hall–Kier alpha value is -1.51. The van der Waals surface area contributed by atoms with Gasteiger partial charge >= 0.3 is 0 Å². The molecule has 0 saturated carbocycles. The van der Waals surface area contributed by atoms with E-state index in [0.29, 0.717) is 10.9 Å². The first-order valence-corrected chi connectivity index (χ1v) is 7.49. The topological polar surface area (TPSA) is 72.2 Å². The van der Waals surface area contributed by atoms with Gasteiger partial charge < -0.3 is 5.73 Å². The van der Waals surface area contributed by atoms with E-state index in [1.807, 2.05) is 0 Å². The Morgan fingerprint density at radius 2 is 1.95 bits per heavy atom. The first-order valence-electron chi connectivity index (χ1n) is 5.19. The van der Waals surface area contributed by atoms with Gasteiger partial charge in [-0.1, -0.05) is 0 Å². The van der Waals surface area contributed by atoms with Gasteiger partial charge in [0.25, 0.3) is 10.0 Å². The van der Waals surface area contributed by atoms with Crippen LogP contribution >= 0.6 is 11.3 Å². The molecule has 1 aromatic carbocycles. The Bertz CT molecular complexity index is 698. The molecule has 8 heteroatoms. The van der Waals surface area contributed by atoms with Crippen molar-refractivity contribution >= 4 is 27.0 Å². The molecule has 1 heterocycles. The number of thiophene rings is 1. The van der Waals surface area contributed by atoms with Gasteiger partial charge in [0.2, 0.25) is 0 Å². The molecular formula is C11H10F2N2O2S2. The molecule has 4 nitrogen and oxygen atoms in total. The Labute approximate surface area is 112 Å². The minimum absolute atomic E-state index is 0.0247. The molecule has 0 radical (unpaired) electrons. The highest BCUT2D eigenvalue weighted by Gasteiger charge is 2.18. The Balaban J connectivity index is 2.30. The van der Waals surface area contributed by atoms with Crippen molar-refractivity contribution in [3.8, 4) is 0 Å². The van der Waals surface area contributed by atoms with E-state index in [1.165, 1.54) is 6.07 Å². The molecule has 0 saturated heterocycles. The summed E-state index contributed by atoms with van der Waals surface area (Å²) in [7, 11) is -3.89. The predicted octanol–water partition coefficient (Wildman–Crippen LogP) is 2.29. The Kier molecular flexibility index (Phi) is 3.83. The van der Waals surface area contributed by atoms with Crippen LogP contribution in [0.1, 0.15) is 4.88 Å². The average molecular weight is 304 g/mol. The lowest BCUT2D eigenvalue weighted by molar-refractivity contribution is 0.583. The van der Waals surface area contributed by atoms with Crippen LogP contribution in [0.4, 0.5) is 14.5 Å². The van der Waals surface area contributed by atoms with Gasteiger partial charge in [0.05, 0.1) is 5.69 Å². The summed E-state index contributed by atoms with van der Waals surface area (Å²) < 4.78 is 52.1. The highest BCUT2D eigenvalue weighted by Crippen LogP contribution is 2.25. The van der Waals surface area contributed by atoms with Gasteiger partial charge in [0.15, 0.2) is 0 Å². The fourth-order valence-corrected chi connectivity index (χ4v) is 3.68. The lowest BCUT2D eigenvalue weighted by Gasteiger charge is -2.07. The maximum absolute atomic E-state index is 13.4. The standard InChI is InChI=1S/C11H10F2N2O2S2/c12-7-1-3-10(9(13)5-7)15-19(16,17)11-4-2-8(6-14)18-11/h1-5,15H,6,14H2. The third kappa shape index (κ3) is 3.09. The first kappa shape index (κ1) is 13.9. The fraction of sp³-hybridized carbons (Fsp3) is 0.0909. The molecular weight excluding hydrogens is 294 g/mol. The summed E-state index contributed by atoms with van der Waals surface area (Å²) in [5.41, 5.74) is 5.09. The molecule has 0 aliphatic heterocycles. The quantitative estimate of drug-likeness (QED) is 0.910. The number of sulfonamides is 1. The summed E-state index contributed by atoms with van der Waals surface area (Å²) in [6.07, 6.45) is 0. The highest BCUT2D eigenvalue weighted by molar-refractivity contribution is 7.94. The van der Waals surface area contributed by atoms with Crippen LogP contribution < -0.4 is 10.5 Å².